The summed E-state index contributed by atoms with van der Waals surface area (Å²) in [5.74, 6) is 1.70. The van der Waals surface area contributed by atoms with E-state index in [1.165, 1.54) is 6.33 Å². The number of aryl methyl sites for hydroxylation is 1. The van der Waals surface area contributed by atoms with Crippen molar-refractivity contribution in [1.82, 2.24) is 35.0 Å². The van der Waals surface area contributed by atoms with Gasteiger partial charge in [-0.3, -0.25) is 4.79 Å². The highest BCUT2D eigenvalue weighted by Crippen LogP contribution is 2.32. The number of nitrogens with zero attached hydrogens (tertiary/aromatic N) is 8. The van der Waals surface area contributed by atoms with E-state index in [2.05, 4.69) is 30.3 Å². The lowest BCUT2D eigenvalue weighted by atomic mass is 10.0. The second kappa shape index (κ2) is 8.39. The van der Waals surface area contributed by atoms with E-state index in [9.17, 15) is 4.79 Å². The standard InChI is InChI=1S/C21H19ClN8O2/c1-14-19(20(27-32-14)15-4-2-3-5-16(15)22)21(31)29-10-8-28(9-11-29)17-6-7-18(26-25-17)30-13-23-12-24-30/h2-7,12-13H,8-11H2,1H3. The topological polar surface area (TPSA) is 106 Å². The number of halogens is 1. The van der Waals surface area contributed by atoms with Crippen molar-refractivity contribution in [2.45, 2.75) is 6.92 Å². The third-order valence-electron chi connectivity index (χ3n) is 5.39. The van der Waals surface area contributed by atoms with Crippen LogP contribution in [-0.2, 0) is 0 Å². The molecule has 0 spiro atoms. The Morgan fingerprint density at radius 1 is 1.03 bits per heavy atom. The molecule has 4 heterocycles. The first-order chi connectivity index (χ1) is 15.6. The average molecular weight is 451 g/mol. The molecule has 0 unspecified atom stereocenters. The molecule has 0 aliphatic carbocycles. The quantitative estimate of drug-likeness (QED) is 0.467. The zero-order chi connectivity index (χ0) is 22.1. The summed E-state index contributed by atoms with van der Waals surface area (Å²) in [7, 11) is 0. The first-order valence-corrected chi connectivity index (χ1v) is 10.4. The number of rotatable bonds is 4. The van der Waals surface area contributed by atoms with Crippen molar-refractivity contribution in [3.8, 4) is 17.1 Å². The van der Waals surface area contributed by atoms with Gasteiger partial charge in [0.15, 0.2) is 11.6 Å². The lowest BCUT2D eigenvalue weighted by molar-refractivity contribution is 0.0745. The SMILES string of the molecule is Cc1onc(-c2ccccc2Cl)c1C(=O)N1CCN(c2ccc(-n3cncn3)nn2)CC1. The Hall–Kier alpha value is -3.79. The Kier molecular flexibility index (Phi) is 5.28. The van der Waals surface area contributed by atoms with Gasteiger partial charge in [0, 0.05) is 31.7 Å². The molecule has 0 radical (unpaired) electrons. The highest BCUT2D eigenvalue weighted by molar-refractivity contribution is 6.33. The zero-order valence-electron chi connectivity index (χ0n) is 17.2. The first kappa shape index (κ1) is 20.1. The predicted octanol–water partition coefficient (Wildman–Crippen LogP) is 2.64. The lowest BCUT2D eigenvalue weighted by Gasteiger charge is -2.35. The van der Waals surface area contributed by atoms with Gasteiger partial charge < -0.3 is 14.3 Å². The van der Waals surface area contributed by atoms with Gasteiger partial charge in [0.25, 0.3) is 5.91 Å². The molecule has 0 saturated carbocycles. The summed E-state index contributed by atoms with van der Waals surface area (Å²) in [5.41, 5.74) is 1.59. The van der Waals surface area contributed by atoms with E-state index >= 15 is 0 Å². The molecule has 4 aromatic rings. The van der Waals surface area contributed by atoms with Crippen LogP contribution in [0.1, 0.15) is 16.1 Å². The van der Waals surface area contributed by atoms with E-state index in [0.29, 0.717) is 59.6 Å². The number of aromatic nitrogens is 6. The van der Waals surface area contributed by atoms with Crippen molar-refractivity contribution in [1.29, 1.82) is 0 Å². The monoisotopic (exact) mass is 450 g/mol. The summed E-state index contributed by atoms with van der Waals surface area (Å²) in [4.78, 5) is 21.1. The highest BCUT2D eigenvalue weighted by atomic mass is 35.5. The molecular weight excluding hydrogens is 432 g/mol. The fourth-order valence-electron chi connectivity index (χ4n) is 3.69. The number of hydrogen-bond acceptors (Lipinski definition) is 8. The number of carbonyl (C=O) groups excluding carboxylic acids is 1. The molecule has 0 N–H and O–H groups in total. The van der Waals surface area contributed by atoms with E-state index < -0.39 is 0 Å². The van der Waals surface area contributed by atoms with Crippen LogP contribution in [0.4, 0.5) is 5.82 Å². The fraction of sp³-hybridized carbons (Fsp3) is 0.238. The molecule has 11 heteroatoms. The maximum Gasteiger partial charge on any atom is 0.259 e. The van der Waals surface area contributed by atoms with Crippen molar-refractivity contribution in [2.24, 2.45) is 0 Å². The maximum atomic E-state index is 13.3. The number of piperazine rings is 1. The van der Waals surface area contributed by atoms with Crippen molar-refractivity contribution in [2.75, 3.05) is 31.1 Å². The average Bonchev–Trinajstić information content (AvgIpc) is 3.49. The molecule has 10 nitrogen and oxygen atoms in total. The van der Waals surface area contributed by atoms with Gasteiger partial charge in [-0.2, -0.15) is 5.10 Å². The van der Waals surface area contributed by atoms with Crippen LogP contribution in [0.15, 0.2) is 53.6 Å². The van der Waals surface area contributed by atoms with Crippen LogP contribution in [0.25, 0.3) is 17.1 Å². The fourth-order valence-corrected chi connectivity index (χ4v) is 3.92. The minimum atomic E-state index is -0.120. The van der Waals surface area contributed by atoms with Crippen LogP contribution in [0.5, 0.6) is 0 Å². The number of anilines is 1. The van der Waals surface area contributed by atoms with Gasteiger partial charge in [-0.15, -0.1) is 10.2 Å². The summed E-state index contributed by atoms with van der Waals surface area (Å²) in [5, 5.41) is 17.2. The molecule has 162 valence electrons. The predicted molar refractivity (Wildman–Crippen MR) is 117 cm³/mol. The van der Waals surface area contributed by atoms with Crippen LogP contribution in [0.2, 0.25) is 5.02 Å². The molecule has 3 aromatic heterocycles. The number of carbonyl (C=O) groups is 1. The Labute approximate surface area is 188 Å². The van der Waals surface area contributed by atoms with Gasteiger partial charge >= 0.3 is 0 Å². The Bertz CT molecular complexity index is 1230. The number of benzene rings is 1. The Balaban J connectivity index is 1.30. The molecular formula is C21H19ClN8O2. The van der Waals surface area contributed by atoms with Crippen molar-refractivity contribution in [3.63, 3.8) is 0 Å². The van der Waals surface area contributed by atoms with Gasteiger partial charge in [0.1, 0.15) is 29.7 Å². The number of hydrogen-bond donors (Lipinski definition) is 0. The van der Waals surface area contributed by atoms with Crippen molar-refractivity contribution < 1.29 is 9.32 Å². The normalized spacial score (nSPS) is 14.1. The molecule has 1 aliphatic heterocycles. The second-order valence-electron chi connectivity index (χ2n) is 7.31. The Morgan fingerprint density at radius 3 is 2.47 bits per heavy atom. The summed E-state index contributed by atoms with van der Waals surface area (Å²) in [6.45, 7) is 4.09. The maximum absolute atomic E-state index is 13.3. The lowest BCUT2D eigenvalue weighted by Crippen LogP contribution is -2.49. The molecule has 32 heavy (non-hydrogen) atoms. The Morgan fingerprint density at radius 2 is 1.78 bits per heavy atom. The van der Waals surface area contributed by atoms with Crippen molar-refractivity contribution in [3.05, 3.63) is 65.4 Å². The summed E-state index contributed by atoms with van der Waals surface area (Å²) in [6.07, 6.45) is 3.01. The van der Waals surface area contributed by atoms with Gasteiger partial charge in [-0.05, 0) is 25.1 Å². The molecule has 1 aromatic carbocycles. The molecule has 1 saturated heterocycles. The first-order valence-electron chi connectivity index (χ1n) is 10.1. The van der Waals surface area contributed by atoms with Gasteiger partial charge in [0.2, 0.25) is 0 Å². The zero-order valence-corrected chi connectivity index (χ0v) is 18.0. The smallest absolute Gasteiger partial charge is 0.259 e. The highest BCUT2D eigenvalue weighted by Gasteiger charge is 2.29. The van der Waals surface area contributed by atoms with E-state index in [1.807, 2.05) is 30.3 Å². The summed E-state index contributed by atoms with van der Waals surface area (Å²) in [6, 6.07) is 11.0. The summed E-state index contributed by atoms with van der Waals surface area (Å²) >= 11 is 6.33. The molecule has 0 bridgehead atoms. The van der Waals surface area contributed by atoms with E-state index in [-0.39, 0.29) is 5.91 Å². The third kappa shape index (κ3) is 3.69. The van der Waals surface area contributed by atoms with Crippen LogP contribution >= 0.6 is 11.6 Å². The molecule has 1 fully saturated rings. The molecule has 0 atom stereocenters. The molecule has 1 aliphatic rings. The van der Waals surface area contributed by atoms with E-state index in [0.717, 1.165) is 5.82 Å². The van der Waals surface area contributed by atoms with Crippen molar-refractivity contribution >= 4 is 23.3 Å². The largest absolute Gasteiger partial charge is 0.360 e. The van der Waals surface area contributed by atoms with Gasteiger partial charge in [-0.25, -0.2) is 9.67 Å². The van der Waals surface area contributed by atoms with Crippen LogP contribution in [0, 0.1) is 6.92 Å². The van der Waals surface area contributed by atoms with E-state index in [1.54, 1.807) is 28.9 Å². The van der Waals surface area contributed by atoms with Crippen LogP contribution in [0.3, 0.4) is 0 Å². The minimum Gasteiger partial charge on any atom is -0.360 e. The second-order valence-corrected chi connectivity index (χ2v) is 7.72. The van der Waals surface area contributed by atoms with Gasteiger partial charge in [0.05, 0.1) is 5.02 Å². The summed E-state index contributed by atoms with van der Waals surface area (Å²) < 4.78 is 6.90. The minimum absolute atomic E-state index is 0.120. The van der Waals surface area contributed by atoms with Gasteiger partial charge in [-0.1, -0.05) is 35.0 Å². The number of amides is 1. The van der Waals surface area contributed by atoms with E-state index in [4.69, 9.17) is 16.1 Å². The molecule has 1 amide bonds. The third-order valence-corrected chi connectivity index (χ3v) is 5.72. The molecule has 5 rings (SSSR count). The van der Waals surface area contributed by atoms with Crippen LogP contribution < -0.4 is 4.90 Å². The van der Waals surface area contributed by atoms with Crippen LogP contribution in [-0.4, -0.2) is 67.1 Å².